The van der Waals surface area contributed by atoms with Gasteiger partial charge >= 0.3 is 5.76 Å². The van der Waals surface area contributed by atoms with Crippen LogP contribution in [0.1, 0.15) is 5.56 Å². The fourth-order valence-electron chi connectivity index (χ4n) is 2.10. The van der Waals surface area contributed by atoms with Crippen LogP contribution in [0, 0.1) is 0 Å². The molecule has 0 fully saturated rings. The topological polar surface area (TPSA) is 81.5 Å². The lowest BCUT2D eigenvalue weighted by atomic mass is 10.2. The Kier molecular flexibility index (Phi) is 4.09. The fourth-order valence-corrected chi connectivity index (χ4v) is 2.10. The first kappa shape index (κ1) is 14.8. The summed E-state index contributed by atoms with van der Waals surface area (Å²) < 4.78 is 11.1. The molecule has 0 aliphatic rings. The number of nitrogens with zero attached hydrogens (tertiary/aromatic N) is 3. The van der Waals surface area contributed by atoms with Crippen LogP contribution in [0.5, 0.6) is 0 Å². The van der Waals surface area contributed by atoms with Gasteiger partial charge in [0.15, 0.2) is 5.76 Å². The molecule has 0 saturated carbocycles. The molecular formula is C16H15N3O4. The Balaban J connectivity index is 1.69. The molecule has 0 radical (unpaired) electrons. The van der Waals surface area contributed by atoms with Crippen molar-refractivity contribution < 1.29 is 13.6 Å². The Morgan fingerprint density at radius 1 is 1.22 bits per heavy atom. The van der Waals surface area contributed by atoms with Gasteiger partial charge in [-0.2, -0.15) is 4.68 Å². The van der Waals surface area contributed by atoms with Crippen molar-refractivity contribution >= 4 is 5.91 Å². The van der Waals surface area contributed by atoms with Crippen molar-refractivity contribution in [3.8, 4) is 11.7 Å². The Bertz CT molecular complexity index is 834. The van der Waals surface area contributed by atoms with Crippen LogP contribution in [0.2, 0.25) is 0 Å². The Hall–Kier alpha value is -3.09. The van der Waals surface area contributed by atoms with E-state index in [2.05, 4.69) is 5.10 Å². The van der Waals surface area contributed by atoms with Crippen LogP contribution in [-0.4, -0.2) is 27.6 Å². The monoisotopic (exact) mass is 313 g/mol. The molecule has 3 aromatic rings. The van der Waals surface area contributed by atoms with E-state index in [1.165, 1.54) is 11.2 Å². The van der Waals surface area contributed by atoms with Crippen molar-refractivity contribution in [2.24, 2.45) is 0 Å². The molecule has 0 atom stereocenters. The molecule has 0 aliphatic carbocycles. The highest BCUT2D eigenvalue weighted by Gasteiger charge is 2.17. The zero-order valence-electron chi connectivity index (χ0n) is 12.5. The predicted octanol–water partition coefficient (Wildman–Crippen LogP) is 1.75. The van der Waals surface area contributed by atoms with Crippen molar-refractivity contribution in [3.63, 3.8) is 0 Å². The van der Waals surface area contributed by atoms with Crippen LogP contribution in [0.15, 0.2) is 62.4 Å². The molecular weight excluding hydrogens is 298 g/mol. The molecule has 3 rings (SSSR count). The van der Waals surface area contributed by atoms with Gasteiger partial charge in [0.05, 0.1) is 6.26 Å². The van der Waals surface area contributed by atoms with Crippen molar-refractivity contribution in [1.29, 1.82) is 0 Å². The summed E-state index contributed by atoms with van der Waals surface area (Å²) in [7, 11) is 1.67. The minimum absolute atomic E-state index is 0.0542. The number of rotatable bonds is 5. The number of furan rings is 1. The first-order valence-electron chi connectivity index (χ1n) is 7.03. The summed E-state index contributed by atoms with van der Waals surface area (Å²) in [6.45, 7) is 0.268. The van der Waals surface area contributed by atoms with E-state index in [1.807, 2.05) is 30.3 Å². The van der Waals surface area contributed by atoms with E-state index in [0.29, 0.717) is 12.3 Å². The lowest BCUT2D eigenvalue weighted by Gasteiger charge is -2.16. The van der Waals surface area contributed by atoms with Gasteiger partial charge in [-0.1, -0.05) is 30.3 Å². The van der Waals surface area contributed by atoms with Gasteiger partial charge < -0.3 is 13.7 Å². The summed E-state index contributed by atoms with van der Waals surface area (Å²) in [5.74, 6) is -0.544. The fraction of sp³-hybridized carbons (Fsp3) is 0.188. The third-order valence-electron chi connectivity index (χ3n) is 3.31. The second kappa shape index (κ2) is 6.35. The molecule has 2 heterocycles. The molecule has 7 heteroatoms. The summed E-state index contributed by atoms with van der Waals surface area (Å²) in [4.78, 5) is 25.5. The van der Waals surface area contributed by atoms with E-state index in [1.54, 1.807) is 19.2 Å². The van der Waals surface area contributed by atoms with Crippen molar-refractivity contribution in [1.82, 2.24) is 14.7 Å². The van der Waals surface area contributed by atoms with E-state index < -0.39 is 5.76 Å². The first-order chi connectivity index (χ1) is 11.1. The van der Waals surface area contributed by atoms with Crippen LogP contribution < -0.4 is 5.76 Å². The number of likely N-dealkylation sites (N-methyl/N-ethyl adjacent to an activating group) is 1. The Morgan fingerprint density at radius 2 is 2.00 bits per heavy atom. The van der Waals surface area contributed by atoms with Gasteiger partial charge in [0.25, 0.3) is 5.89 Å². The summed E-state index contributed by atoms with van der Waals surface area (Å²) >= 11 is 0. The van der Waals surface area contributed by atoms with Crippen LogP contribution in [0.3, 0.4) is 0 Å². The second-order valence-electron chi connectivity index (χ2n) is 5.04. The van der Waals surface area contributed by atoms with E-state index in [-0.39, 0.29) is 18.3 Å². The molecule has 0 N–H and O–H groups in total. The standard InChI is InChI=1S/C16H15N3O4/c1-18(10-12-6-3-2-4-7-12)14(20)11-19-16(21)23-15(17-19)13-8-5-9-22-13/h2-9H,10-11H2,1H3. The van der Waals surface area contributed by atoms with E-state index >= 15 is 0 Å². The zero-order valence-corrected chi connectivity index (χ0v) is 12.5. The number of carbonyl (C=O) groups is 1. The van der Waals surface area contributed by atoms with Gasteiger partial charge in [-0.15, -0.1) is 5.10 Å². The average Bonchev–Trinajstić information content (AvgIpc) is 3.19. The SMILES string of the molecule is CN(Cc1ccccc1)C(=O)Cn1nc(-c2ccco2)oc1=O. The van der Waals surface area contributed by atoms with Gasteiger partial charge in [0, 0.05) is 13.6 Å². The molecule has 0 spiro atoms. The van der Waals surface area contributed by atoms with Crippen LogP contribution in [0.25, 0.3) is 11.7 Å². The molecule has 0 aliphatic heterocycles. The van der Waals surface area contributed by atoms with Crippen molar-refractivity contribution in [2.75, 3.05) is 7.05 Å². The number of hydrogen-bond donors (Lipinski definition) is 0. The maximum Gasteiger partial charge on any atom is 0.437 e. The second-order valence-corrected chi connectivity index (χ2v) is 5.04. The normalized spacial score (nSPS) is 10.7. The Morgan fingerprint density at radius 3 is 2.70 bits per heavy atom. The maximum absolute atomic E-state index is 12.2. The highest BCUT2D eigenvalue weighted by molar-refractivity contribution is 5.75. The number of carbonyl (C=O) groups excluding carboxylic acids is 1. The number of benzene rings is 1. The molecule has 1 amide bonds. The minimum atomic E-state index is -0.696. The largest absolute Gasteiger partial charge is 0.459 e. The third kappa shape index (κ3) is 3.39. The summed E-state index contributed by atoms with van der Waals surface area (Å²) in [5, 5.41) is 3.98. The predicted molar refractivity (Wildman–Crippen MR) is 81.4 cm³/mol. The molecule has 1 aromatic carbocycles. The number of amides is 1. The quantitative estimate of drug-likeness (QED) is 0.717. The first-order valence-corrected chi connectivity index (χ1v) is 7.03. The van der Waals surface area contributed by atoms with Gasteiger partial charge in [0.2, 0.25) is 5.91 Å². The van der Waals surface area contributed by atoms with Gasteiger partial charge in [0.1, 0.15) is 6.54 Å². The van der Waals surface area contributed by atoms with Gasteiger partial charge in [-0.3, -0.25) is 4.79 Å². The third-order valence-corrected chi connectivity index (χ3v) is 3.31. The van der Waals surface area contributed by atoms with Crippen LogP contribution in [0.4, 0.5) is 0 Å². The zero-order chi connectivity index (χ0) is 16.2. The Labute approximate surface area is 131 Å². The average molecular weight is 313 g/mol. The molecule has 0 unspecified atom stereocenters. The molecule has 118 valence electrons. The minimum Gasteiger partial charge on any atom is -0.459 e. The maximum atomic E-state index is 12.2. The summed E-state index contributed by atoms with van der Waals surface area (Å²) in [6, 6.07) is 12.9. The highest BCUT2D eigenvalue weighted by Crippen LogP contribution is 2.15. The molecule has 2 aromatic heterocycles. The van der Waals surface area contributed by atoms with E-state index in [4.69, 9.17) is 8.83 Å². The summed E-state index contributed by atoms with van der Waals surface area (Å²) in [5.41, 5.74) is 1.01. The lowest BCUT2D eigenvalue weighted by Crippen LogP contribution is -2.32. The molecule has 7 nitrogen and oxygen atoms in total. The van der Waals surface area contributed by atoms with E-state index in [0.717, 1.165) is 10.2 Å². The van der Waals surface area contributed by atoms with Gasteiger partial charge in [-0.05, 0) is 17.7 Å². The molecule has 0 saturated heterocycles. The van der Waals surface area contributed by atoms with Crippen molar-refractivity contribution in [2.45, 2.75) is 13.1 Å². The van der Waals surface area contributed by atoms with Crippen LogP contribution in [-0.2, 0) is 17.9 Å². The number of hydrogen-bond acceptors (Lipinski definition) is 5. The molecule has 23 heavy (non-hydrogen) atoms. The highest BCUT2D eigenvalue weighted by atomic mass is 16.4. The van der Waals surface area contributed by atoms with E-state index in [9.17, 15) is 9.59 Å². The van der Waals surface area contributed by atoms with Crippen LogP contribution >= 0.6 is 0 Å². The van der Waals surface area contributed by atoms with Gasteiger partial charge in [-0.25, -0.2) is 4.79 Å². The van der Waals surface area contributed by atoms with Crippen molar-refractivity contribution in [3.05, 3.63) is 64.8 Å². The summed E-state index contributed by atoms with van der Waals surface area (Å²) in [6.07, 6.45) is 1.45. The number of aromatic nitrogens is 2. The molecule has 0 bridgehead atoms. The smallest absolute Gasteiger partial charge is 0.437 e. The lowest BCUT2D eigenvalue weighted by molar-refractivity contribution is -0.131.